The molecule has 3 rings (SSSR count). The van der Waals surface area contributed by atoms with E-state index in [2.05, 4.69) is 59.8 Å². The van der Waals surface area contributed by atoms with E-state index in [1.807, 2.05) is 6.07 Å². The lowest BCUT2D eigenvalue weighted by molar-refractivity contribution is 0.171. The summed E-state index contributed by atoms with van der Waals surface area (Å²) in [6.45, 7) is 3.48. The van der Waals surface area contributed by atoms with E-state index in [1.54, 1.807) is 0 Å². The average Bonchev–Trinajstić information content (AvgIpc) is 2.47. The van der Waals surface area contributed by atoms with Gasteiger partial charge in [-0.1, -0.05) is 19.1 Å². The van der Waals surface area contributed by atoms with E-state index >= 15 is 0 Å². The van der Waals surface area contributed by atoms with Crippen molar-refractivity contribution in [3.05, 3.63) is 56.7 Å². The van der Waals surface area contributed by atoms with Crippen LogP contribution < -0.4 is 9.47 Å². The molecule has 20 heavy (non-hydrogen) atoms. The van der Waals surface area contributed by atoms with Crippen LogP contribution in [-0.2, 0) is 12.8 Å². The van der Waals surface area contributed by atoms with E-state index in [9.17, 15) is 0 Å². The predicted octanol–water partition coefficient (Wildman–Crippen LogP) is 4.22. The first kappa shape index (κ1) is 13.7. The van der Waals surface area contributed by atoms with E-state index in [4.69, 9.17) is 9.47 Å². The second kappa shape index (κ2) is 6.04. The van der Waals surface area contributed by atoms with Gasteiger partial charge in [0.1, 0.15) is 13.2 Å². The summed E-state index contributed by atoms with van der Waals surface area (Å²) in [6.07, 6.45) is 2.01. The Hall–Kier alpha value is -1.23. The number of halogens is 1. The van der Waals surface area contributed by atoms with Gasteiger partial charge in [0, 0.05) is 3.57 Å². The Labute approximate surface area is 133 Å². The number of rotatable bonds is 3. The molecule has 0 saturated heterocycles. The van der Waals surface area contributed by atoms with E-state index in [0.717, 1.165) is 24.3 Å². The lowest BCUT2D eigenvalue weighted by Gasteiger charge is -2.19. The molecule has 0 atom stereocenters. The monoisotopic (exact) mass is 380 g/mol. The molecule has 3 heteroatoms. The van der Waals surface area contributed by atoms with Crippen LogP contribution in [-0.4, -0.2) is 13.2 Å². The van der Waals surface area contributed by atoms with Gasteiger partial charge in [-0.25, -0.2) is 0 Å². The maximum Gasteiger partial charge on any atom is 0.161 e. The smallest absolute Gasteiger partial charge is 0.161 e. The Bertz CT molecular complexity index is 622. The molecule has 0 unspecified atom stereocenters. The Morgan fingerprint density at radius 3 is 2.55 bits per heavy atom. The third-order valence-corrected chi connectivity index (χ3v) is 4.22. The molecule has 0 saturated carbocycles. The Morgan fingerprint density at radius 2 is 1.75 bits per heavy atom. The van der Waals surface area contributed by atoms with Gasteiger partial charge in [-0.05, 0) is 76.4 Å². The molecular formula is C17H17IO2. The van der Waals surface area contributed by atoms with Crippen molar-refractivity contribution in [1.82, 2.24) is 0 Å². The van der Waals surface area contributed by atoms with Gasteiger partial charge in [0.15, 0.2) is 11.5 Å². The summed E-state index contributed by atoms with van der Waals surface area (Å²) in [5.41, 5.74) is 4.09. The molecular weight excluding hydrogens is 363 g/mol. The fourth-order valence-electron chi connectivity index (χ4n) is 2.52. The Kier molecular flexibility index (Phi) is 4.15. The highest BCUT2D eigenvalue weighted by Gasteiger charge is 2.12. The highest BCUT2D eigenvalue weighted by molar-refractivity contribution is 14.1. The highest BCUT2D eigenvalue weighted by atomic mass is 127. The van der Waals surface area contributed by atoms with Crippen LogP contribution in [0.15, 0.2) is 36.4 Å². The van der Waals surface area contributed by atoms with Crippen LogP contribution in [0, 0.1) is 3.57 Å². The van der Waals surface area contributed by atoms with Crippen LogP contribution in [0.3, 0.4) is 0 Å². The summed E-state index contributed by atoms with van der Waals surface area (Å²) >= 11 is 2.37. The first-order chi connectivity index (χ1) is 9.76. The number of fused-ring (bicyclic) bond motifs is 1. The zero-order valence-corrected chi connectivity index (χ0v) is 13.6. The quantitative estimate of drug-likeness (QED) is 0.743. The van der Waals surface area contributed by atoms with E-state index in [-0.39, 0.29) is 0 Å². The van der Waals surface area contributed by atoms with Crippen LogP contribution in [0.5, 0.6) is 11.5 Å². The molecule has 1 heterocycles. The molecule has 2 aromatic rings. The van der Waals surface area contributed by atoms with E-state index < -0.39 is 0 Å². The van der Waals surface area contributed by atoms with E-state index in [0.29, 0.717) is 13.2 Å². The molecule has 0 N–H and O–H groups in total. The van der Waals surface area contributed by atoms with Crippen molar-refractivity contribution in [3.8, 4) is 11.5 Å². The van der Waals surface area contributed by atoms with Crippen molar-refractivity contribution in [1.29, 1.82) is 0 Å². The zero-order valence-electron chi connectivity index (χ0n) is 11.5. The van der Waals surface area contributed by atoms with Crippen molar-refractivity contribution in [2.45, 2.75) is 19.8 Å². The summed E-state index contributed by atoms with van der Waals surface area (Å²) in [6, 6.07) is 12.9. The van der Waals surface area contributed by atoms with Crippen LogP contribution in [0.4, 0.5) is 0 Å². The van der Waals surface area contributed by atoms with Gasteiger partial charge in [0.05, 0.1) is 0 Å². The molecule has 2 aromatic carbocycles. The first-order valence-corrected chi connectivity index (χ1v) is 8.00. The molecule has 1 aliphatic heterocycles. The molecule has 0 amide bonds. The lowest BCUT2D eigenvalue weighted by Crippen LogP contribution is -2.15. The highest BCUT2D eigenvalue weighted by Crippen LogP contribution is 2.31. The maximum atomic E-state index is 5.66. The fraction of sp³-hybridized carbons (Fsp3) is 0.294. The molecule has 0 fully saturated rings. The molecule has 0 bridgehead atoms. The number of hydrogen-bond donors (Lipinski definition) is 0. The predicted molar refractivity (Wildman–Crippen MR) is 88.8 cm³/mol. The largest absolute Gasteiger partial charge is 0.486 e. The van der Waals surface area contributed by atoms with Crippen molar-refractivity contribution in [2.75, 3.05) is 13.2 Å². The summed E-state index contributed by atoms with van der Waals surface area (Å²) in [7, 11) is 0. The summed E-state index contributed by atoms with van der Waals surface area (Å²) < 4.78 is 12.5. The topological polar surface area (TPSA) is 18.5 Å². The molecule has 104 valence electrons. The minimum absolute atomic E-state index is 0.639. The SMILES string of the molecule is CCc1ccc(I)cc1Cc1ccc2c(c1)OCCO2. The van der Waals surface area contributed by atoms with Crippen molar-refractivity contribution in [2.24, 2.45) is 0 Å². The molecule has 2 nitrogen and oxygen atoms in total. The van der Waals surface area contributed by atoms with Crippen molar-refractivity contribution >= 4 is 22.6 Å². The van der Waals surface area contributed by atoms with Crippen molar-refractivity contribution < 1.29 is 9.47 Å². The summed E-state index contributed by atoms with van der Waals surface area (Å²) in [5.74, 6) is 1.73. The van der Waals surface area contributed by atoms with Gasteiger partial charge in [0.2, 0.25) is 0 Å². The Morgan fingerprint density at radius 1 is 0.950 bits per heavy atom. The van der Waals surface area contributed by atoms with Gasteiger partial charge >= 0.3 is 0 Å². The van der Waals surface area contributed by atoms with E-state index in [1.165, 1.54) is 20.3 Å². The van der Waals surface area contributed by atoms with Crippen LogP contribution in [0.2, 0.25) is 0 Å². The second-order valence-corrected chi connectivity index (χ2v) is 6.17. The third-order valence-electron chi connectivity index (χ3n) is 3.55. The first-order valence-electron chi connectivity index (χ1n) is 6.92. The van der Waals surface area contributed by atoms with Gasteiger partial charge in [-0.3, -0.25) is 0 Å². The summed E-state index contributed by atoms with van der Waals surface area (Å²) in [4.78, 5) is 0. The minimum atomic E-state index is 0.639. The molecule has 0 radical (unpaired) electrons. The summed E-state index contributed by atoms with van der Waals surface area (Å²) in [5, 5.41) is 0. The lowest BCUT2D eigenvalue weighted by atomic mass is 9.98. The third kappa shape index (κ3) is 2.92. The Balaban J connectivity index is 1.89. The molecule has 0 aromatic heterocycles. The molecule has 1 aliphatic rings. The van der Waals surface area contributed by atoms with Crippen molar-refractivity contribution in [3.63, 3.8) is 0 Å². The normalized spacial score (nSPS) is 13.3. The van der Waals surface area contributed by atoms with Crippen LogP contribution in [0.25, 0.3) is 0 Å². The van der Waals surface area contributed by atoms with Gasteiger partial charge < -0.3 is 9.47 Å². The zero-order chi connectivity index (χ0) is 13.9. The number of hydrogen-bond acceptors (Lipinski definition) is 2. The number of aryl methyl sites for hydroxylation is 1. The van der Waals surface area contributed by atoms with Crippen LogP contribution in [0.1, 0.15) is 23.6 Å². The average molecular weight is 380 g/mol. The van der Waals surface area contributed by atoms with Gasteiger partial charge in [-0.15, -0.1) is 0 Å². The molecule has 0 aliphatic carbocycles. The maximum absolute atomic E-state index is 5.66. The minimum Gasteiger partial charge on any atom is -0.486 e. The number of ether oxygens (including phenoxy) is 2. The van der Waals surface area contributed by atoms with Gasteiger partial charge in [0.25, 0.3) is 0 Å². The standard InChI is InChI=1S/C17H17IO2/c1-2-13-4-5-15(18)11-14(13)9-12-3-6-16-17(10-12)20-8-7-19-16/h3-6,10-11H,2,7-9H2,1H3. The second-order valence-electron chi connectivity index (χ2n) is 4.92. The van der Waals surface area contributed by atoms with Gasteiger partial charge in [-0.2, -0.15) is 0 Å². The van der Waals surface area contributed by atoms with Crippen LogP contribution >= 0.6 is 22.6 Å². The number of benzene rings is 2. The molecule has 0 spiro atoms. The fourth-order valence-corrected chi connectivity index (χ4v) is 3.08.